The molecule has 1 N–H and O–H groups in total. The Morgan fingerprint density at radius 3 is 2.07 bits per heavy atom. The predicted octanol–water partition coefficient (Wildman–Crippen LogP) is 2.02. The van der Waals surface area contributed by atoms with E-state index in [4.69, 9.17) is 0 Å². The summed E-state index contributed by atoms with van der Waals surface area (Å²) in [6, 6.07) is 0.526. The maximum Gasteiger partial charge on any atom is 0.0727 e. The lowest BCUT2D eigenvalue weighted by Gasteiger charge is -2.52. The number of piperidine rings is 3. The molecule has 2 heteroatoms. The Bertz CT molecular complexity index is 215. The van der Waals surface area contributed by atoms with Gasteiger partial charge in [0.05, 0.1) is 6.10 Å². The normalized spacial score (nSPS) is 47.0. The van der Waals surface area contributed by atoms with Gasteiger partial charge >= 0.3 is 0 Å². The van der Waals surface area contributed by atoms with Crippen LogP contribution < -0.4 is 0 Å². The average Bonchev–Trinajstić information content (AvgIpc) is 2.31. The molecule has 4 fully saturated rings. The lowest BCUT2D eigenvalue weighted by Crippen LogP contribution is -2.60. The van der Waals surface area contributed by atoms with E-state index in [0.29, 0.717) is 12.0 Å². The minimum Gasteiger partial charge on any atom is -0.391 e. The van der Waals surface area contributed by atoms with E-state index in [9.17, 15) is 5.11 Å². The quantitative estimate of drug-likeness (QED) is 0.714. The highest BCUT2D eigenvalue weighted by Gasteiger charge is 2.44. The van der Waals surface area contributed by atoms with E-state index in [1.165, 1.54) is 58.0 Å². The van der Waals surface area contributed by atoms with Crippen LogP contribution in [0.4, 0.5) is 0 Å². The van der Waals surface area contributed by atoms with E-state index < -0.39 is 0 Å². The van der Waals surface area contributed by atoms with Gasteiger partial charge in [-0.05, 0) is 50.6 Å². The second kappa shape index (κ2) is 4.06. The highest BCUT2D eigenvalue weighted by molar-refractivity contribution is 4.98. The van der Waals surface area contributed by atoms with E-state index in [-0.39, 0.29) is 6.10 Å². The van der Waals surface area contributed by atoms with Gasteiger partial charge in [0.2, 0.25) is 0 Å². The summed E-state index contributed by atoms with van der Waals surface area (Å²) >= 11 is 0. The molecule has 2 unspecified atom stereocenters. The second-order valence-electron chi connectivity index (χ2n) is 5.75. The molecule has 0 aromatic rings. The van der Waals surface area contributed by atoms with Crippen molar-refractivity contribution in [1.82, 2.24) is 4.90 Å². The molecular weight excluding hydrogens is 186 g/mol. The fourth-order valence-corrected chi connectivity index (χ4v) is 4.11. The molecule has 3 heterocycles. The molecule has 15 heavy (non-hydrogen) atoms. The van der Waals surface area contributed by atoms with Crippen LogP contribution in [-0.4, -0.2) is 35.2 Å². The van der Waals surface area contributed by atoms with Crippen LogP contribution in [0.15, 0.2) is 0 Å². The number of aliphatic hydroxyl groups excluding tert-OH is 1. The molecule has 1 saturated carbocycles. The lowest BCUT2D eigenvalue weighted by molar-refractivity contribution is -0.0980. The molecule has 2 nitrogen and oxygen atoms in total. The van der Waals surface area contributed by atoms with E-state index in [2.05, 4.69) is 4.90 Å². The van der Waals surface area contributed by atoms with Crippen molar-refractivity contribution in [2.75, 3.05) is 13.1 Å². The Hall–Kier alpha value is -0.0800. The molecule has 0 spiro atoms. The van der Waals surface area contributed by atoms with Gasteiger partial charge in [0.15, 0.2) is 0 Å². The molecular formula is C13H23NO. The average molecular weight is 209 g/mol. The minimum atomic E-state index is -0.00407. The van der Waals surface area contributed by atoms with Crippen LogP contribution in [0.25, 0.3) is 0 Å². The monoisotopic (exact) mass is 209 g/mol. The third-order valence-electron chi connectivity index (χ3n) is 4.96. The van der Waals surface area contributed by atoms with Crippen molar-refractivity contribution in [3.63, 3.8) is 0 Å². The molecule has 1 aliphatic carbocycles. The first-order valence-electron chi connectivity index (χ1n) is 6.78. The third kappa shape index (κ3) is 1.72. The van der Waals surface area contributed by atoms with E-state index >= 15 is 0 Å². The largest absolute Gasteiger partial charge is 0.391 e. The first kappa shape index (κ1) is 10.1. The van der Waals surface area contributed by atoms with Crippen LogP contribution in [0.5, 0.6) is 0 Å². The Morgan fingerprint density at radius 1 is 0.800 bits per heavy atom. The third-order valence-corrected chi connectivity index (χ3v) is 4.96. The molecule has 2 atom stereocenters. The highest BCUT2D eigenvalue weighted by Crippen LogP contribution is 2.40. The molecule has 4 rings (SSSR count). The maximum absolute atomic E-state index is 10.4. The number of hydrogen-bond donors (Lipinski definition) is 1. The summed E-state index contributed by atoms with van der Waals surface area (Å²) in [6.45, 7) is 2.51. The first-order chi connectivity index (χ1) is 7.36. The van der Waals surface area contributed by atoms with Gasteiger partial charge in [0, 0.05) is 6.04 Å². The van der Waals surface area contributed by atoms with Gasteiger partial charge in [0.25, 0.3) is 0 Å². The van der Waals surface area contributed by atoms with Crippen molar-refractivity contribution >= 4 is 0 Å². The SMILES string of the molecule is OC1C2CCN(CC2)C1C1CCCCC1. The summed E-state index contributed by atoms with van der Waals surface area (Å²) in [6.07, 6.45) is 9.42. The fourth-order valence-electron chi connectivity index (χ4n) is 4.11. The second-order valence-corrected chi connectivity index (χ2v) is 5.75. The maximum atomic E-state index is 10.4. The molecule has 0 aromatic heterocycles. The van der Waals surface area contributed by atoms with Crippen molar-refractivity contribution < 1.29 is 5.11 Å². The summed E-state index contributed by atoms with van der Waals surface area (Å²) in [5.41, 5.74) is 0. The fraction of sp³-hybridized carbons (Fsp3) is 1.00. The van der Waals surface area contributed by atoms with Crippen molar-refractivity contribution in [3.8, 4) is 0 Å². The van der Waals surface area contributed by atoms with Crippen molar-refractivity contribution in [3.05, 3.63) is 0 Å². The van der Waals surface area contributed by atoms with Gasteiger partial charge in [-0.25, -0.2) is 0 Å². The summed E-state index contributed by atoms with van der Waals surface area (Å²) < 4.78 is 0. The summed E-state index contributed by atoms with van der Waals surface area (Å²) in [4.78, 5) is 2.58. The summed E-state index contributed by atoms with van der Waals surface area (Å²) in [5, 5.41) is 10.4. The Kier molecular flexibility index (Phi) is 2.73. The molecule has 0 radical (unpaired) electrons. The number of nitrogens with zero attached hydrogens (tertiary/aromatic N) is 1. The zero-order valence-corrected chi connectivity index (χ0v) is 9.57. The van der Waals surface area contributed by atoms with Gasteiger partial charge in [-0.1, -0.05) is 19.3 Å². The van der Waals surface area contributed by atoms with Gasteiger partial charge in [0.1, 0.15) is 0 Å². The van der Waals surface area contributed by atoms with Crippen LogP contribution in [0.1, 0.15) is 44.9 Å². The van der Waals surface area contributed by atoms with Crippen LogP contribution >= 0.6 is 0 Å². The van der Waals surface area contributed by atoms with Crippen LogP contribution in [0.2, 0.25) is 0 Å². The van der Waals surface area contributed by atoms with E-state index in [0.717, 1.165) is 5.92 Å². The zero-order valence-electron chi connectivity index (χ0n) is 9.57. The van der Waals surface area contributed by atoms with Gasteiger partial charge in [-0.15, -0.1) is 0 Å². The molecule has 3 aliphatic heterocycles. The van der Waals surface area contributed by atoms with Crippen LogP contribution in [-0.2, 0) is 0 Å². The van der Waals surface area contributed by atoms with Crippen LogP contribution in [0, 0.1) is 11.8 Å². The number of hydrogen-bond acceptors (Lipinski definition) is 2. The molecule has 0 aromatic carbocycles. The van der Waals surface area contributed by atoms with Gasteiger partial charge in [-0.3, -0.25) is 4.90 Å². The smallest absolute Gasteiger partial charge is 0.0727 e. The van der Waals surface area contributed by atoms with Gasteiger partial charge < -0.3 is 5.11 Å². The highest BCUT2D eigenvalue weighted by atomic mass is 16.3. The van der Waals surface area contributed by atoms with E-state index in [1.54, 1.807) is 0 Å². The molecule has 4 aliphatic rings. The molecule has 3 saturated heterocycles. The van der Waals surface area contributed by atoms with Crippen molar-refractivity contribution in [1.29, 1.82) is 0 Å². The molecule has 2 bridgehead atoms. The lowest BCUT2D eigenvalue weighted by atomic mass is 9.72. The van der Waals surface area contributed by atoms with E-state index in [1.807, 2.05) is 0 Å². The Morgan fingerprint density at radius 2 is 1.47 bits per heavy atom. The number of fused-ring (bicyclic) bond motifs is 3. The molecule has 0 amide bonds. The Balaban J connectivity index is 1.73. The predicted molar refractivity (Wildman–Crippen MR) is 60.7 cm³/mol. The number of aliphatic hydroxyl groups is 1. The van der Waals surface area contributed by atoms with Crippen molar-refractivity contribution in [2.45, 2.75) is 57.1 Å². The Labute approximate surface area is 92.7 Å². The van der Waals surface area contributed by atoms with Crippen molar-refractivity contribution in [2.24, 2.45) is 11.8 Å². The minimum absolute atomic E-state index is 0.00407. The van der Waals surface area contributed by atoms with Gasteiger partial charge in [-0.2, -0.15) is 0 Å². The summed E-state index contributed by atoms with van der Waals surface area (Å²) in [5.74, 6) is 1.43. The first-order valence-corrected chi connectivity index (χ1v) is 6.78. The van der Waals surface area contributed by atoms with Crippen LogP contribution in [0.3, 0.4) is 0 Å². The standard InChI is InChI=1S/C13H23NO/c15-13-11-6-8-14(9-7-11)12(13)10-4-2-1-3-5-10/h10-13,15H,1-9H2. The number of rotatable bonds is 1. The zero-order chi connectivity index (χ0) is 10.3. The topological polar surface area (TPSA) is 23.5 Å². The molecule has 86 valence electrons. The summed E-state index contributed by atoms with van der Waals surface area (Å²) in [7, 11) is 0.